The van der Waals surface area contributed by atoms with Crippen LogP contribution in [0.4, 0.5) is 0 Å². The summed E-state index contributed by atoms with van der Waals surface area (Å²) in [6, 6.07) is 0. The number of carbonyl (C=O) groups excluding carboxylic acids is 1. The van der Waals surface area contributed by atoms with Gasteiger partial charge in [0.1, 0.15) is 6.10 Å². The number of carbonyl (C=O) groups is 1. The largest absolute Gasteiger partial charge is 0.462 e. The van der Waals surface area contributed by atoms with Crippen molar-refractivity contribution in [2.45, 2.75) is 65.6 Å². The van der Waals surface area contributed by atoms with Gasteiger partial charge in [0.2, 0.25) is 0 Å². The van der Waals surface area contributed by atoms with Gasteiger partial charge < -0.3 is 10.1 Å². The molecule has 3 heteroatoms. The van der Waals surface area contributed by atoms with E-state index in [4.69, 9.17) is 4.74 Å². The van der Waals surface area contributed by atoms with Gasteiger partial charge in [0.25, 0.3) is 0 Å². The van der Waals surface area contributed by atoms with Crippen molar-refractivity contribution in [1.29, 1.82) is 0 Å². The monoisotopic (exact) mass is 227 g/mol. The smallest absolute Gasteiger partial charge is 0.302 e. The fraction of sp³-hybridized carbons (Fsp3) is 0.923. The highest BCUT2D eigenvalue weighted by Gasteiger charge is 2.49. The number of nitrogens with one attached hydrogen (secondary N) is 1. The Bertz CT molecular complexity index is 264. The average Bonchev–Trinajstić information content (AvgIpc) is 2.08. The van der Waals surface area contributed by atoms with Crippen molar-refractivity contribution >= 4 is 5.97 Å². The summed E-state index contributed by atoms with van der Waals surface area (Å²) < 4.78 is 5.51. The number of esters is 1. The van der Waals surface area contributed by atoms with Gasteiger partial charge in [-0.25, -0.2) is 0 Å². The molecule has 0 amide bonds. The molecule has 0 aromatic heterocycles. The van der Waals surface area contributed by atoms with Gasteiger partial charge in [0.15, 0.2) is 0 Å². The van der Waals surface area contributed by atoms with Crippen LogP contribution < -0.4 is 5.32 Å². The molecule has 1 rings (SSSR count). The van der Waals surface area contributed by atoms with E-state index in [-0.39, 0.29) is 23.2 Å². The van der Waals surface area contributed by atoms with Crippen LogP contribution >= 0.6 is 0 Å². The van der Waals surface area contributed by atoms with E-state index in [2.05, 4.69) is 46.9 Å². The summed E-state index contributed by atoms with van der Waals surface area (Å²) in [6.45, 7) is 14.5. The predicted octanol–water partition coefficient (Wildman–Crippen LogP) is 2.35. The highest BCUT2D eigenvalue weighted by molar-refractivity contribution is 5.66. The van der Waals surface area contributed by atoms with E-state index in [0.717, 1.165) is 0 Å². The van der Waals surface area contributed by atoms with Crippen LogP contribution in [-0.2, 0) is 9.53 Å². The van der Waals surface area contributed by atoms with E-state index < -0.39 is 0 Å². The lowest BCUT2D eigenvalue weighted by atomic mass is 9.68. The molecule has 0 radical (unpaired) electrons. The summed E-state index contributed by atoms with van der Waals surface area (Å²) in [6.07, 6.45) is -0.0104. The Kier molecular flexibility index (Phi) is 3.39. The molecule has 0 saturated carbocycles. The van der Waals surface area contributed by atoms with Gasteiger partial charge in [0.05, 0.1) is 0 Å². The lowest BCUT2D eigenvalue weighted by Crippen LogP contribution is -2.68. The minimum atomic E-state index is -0.183. The molecule has 0 aromatic carbocycles. The Morgan fingerprint density at radius 1 is 1.06 bits per heavy atom. The molecule has 1 N–H and O–H groups in total. The Morgan fingerprint density at radius 2 is 1.44 bits per heavy atom. The fourth-order valence-electron chi connectivity index (χ4n) is 2.71. The minimum Gasteiger partial charge on any atom is -0.462 e. The number of hydrogen-bond donors (Lipinski definition) is 1. The van der Waals surface area contributed by atoms with Gasteiger partial charge in [-0.15, -0.1) is 0 Å². The second kappa shape index (κ2) is 4.02. The molecule has 1 aliphatic heterocycles. The van der Waals surface area contributed by atoms with Crippen LogP contribution in [0.15, 0.2) is 0 Å². The van der Waals surface area contributed by atoms with Gasteiger partial charge in [0, 0.05) is 29.8 Å². The number of hydrogen-bond acceptors (Lipinski definition) is 3. The second-order valence-electron chi connectivity index (χ2n) is 6.22. The number of ether oxygens (including phenoxy) is 1. The molecule has 0 spiro atoms. The van der Waals surface area contributed by atoms with Crippen molar-refractivity contribution in [2.24, 2.45) is 11.8 Å². The van der Waals surface area contributed by atoms with Gasteiger partial charge in [-0.3, -0.25) is 4.79 Å². The summed E-state index contributed by atoms with van der Waals surface area (Å²) >= 11 is 0. The summed E-state index contributed by atoms with van der Waals surface area (Å²) in [5, 5.41) is 3.64. The molecular weight excluding hydrogens is 202 g/mol. The van der Waals surface area contributed by atoms with Crippen LogP contribution in [-0.4, -0.2) is 23.2 Å². The van der Waals surface area contributed by atoms with Crippen LogP contribution in [0.1, 0.15) is 48.5 Å². The molecule has 16 heavy (non-hydrogen) atoms. The van der Waals surface area contributed by atoms with Crippen molar-refractivity contribution in [3.8, 4) is 0 Å². The molecule has 1 saturated heterocycles. The van der Waals surface area contributed by atoms with Gasteiger partial charge in [-0.1, -0.05) is 13.8 Å². The number of rotatable bonds is 1. The van der Waals surface area contributed by atoms with Crippen LogP contribution in [0.2, 0.25) is 0 Å². The maximum Gasteiger partial charge on any atom is 0.302 e. The molecule has 1 aliphatic rings. The van der Waals surface area contributed by atoms with E-state index >= 15 is 0 Å². The first kappa shape index (κ1) is 13.5. The molecule has 0 bridgehead atoms. The molecule has 0 aliphatic carbocycles. The zero-order valence-corrected chi connectivity index (χ0v) is 11.5. The third kappa shape index (κ3) is 2.40. The Labute approximate surface area is 98.9 Å². The SMILES string of the molecule is CC(=O)OC1C(C)C(C)(C)NC(C)(C)C1C. The Morgan fingerprint density at radius 3 is 1.75 bits per heavy atom. The summed E-state index contributed by atoms with van der Waals surface area (Å²) in [5.41, 5.74) is -0.0355. The van der Waals surface area contributed by atoms with E-state index in [0.29, 0.717) is 11.8 Å². The molecule has 1 heterocycles. The van der Waals surface area contributed by atoms with Crippen LogP contribution in [0, 0.1) is 11.8 Å². The van der Waals surface area contributed by atoms with Crippen molar-refractivity contribution in [3.05, 3.63) is 0 Å². The van der Waals surface area contributed by atoms with Gasteiger partial charge in [-0.05, 0) is 27.7 Å². The van der Waals surface area contributed by atoms with Crippen molar-refractivity contribution in [1.82, 2.24) is 5.32 Å². The lowest BCUT2D eigenvalue weighted by molar-refractivity contribution is -0.161. The molecular formula is C13H25NO2. The van der Waals surface area contributed by atoms with E-state index in [1.807, 2.05) is 0 Å². The van der Waals surface area contributed by atoms with Crippen molar-refractivity contribution in [2.75, 3.05) is 0 Å². The predicted molar refractivity (Wildman–Crippen MR) is 65.2 cm³/mol. The fourth-order valence-corrected chi connectivity index (χ4v) is 2.71. The first-order valence-electron chi connectivity index (χ1n) is 6.04. The summed E-state index contributed by atoms with van der Waals surface area (Å²) in [5.74, 6) is 0.427. The maximum atomic E-state index is 11.2. The first-order chi connectivity index (χ1) is 7.08. The topological polar surface area (TPSA) is 38.3 Å². The maximum absolute atomic E-state index is 11.2. The zero-order valence-electron chi connectivity index (χ0n) is 11.5. The molecule has 1 fully saturated rings. The minimum absolute atomic E-state index is 0.0104. The first-order valence-corrected chi connectivity index (χ1v) is 6.04. The van der Waals surface area contributed by atoms with E-state index in [1.54, 1.807) is 0 Å². The lowest BCUT2D eigenvalue weighted by Gasteiger charge is -2.54. The van der Waals surface area contributed by atoms with Crippen molar-refractivity contribution < 1.29 is 9.53 Å². The van der Waals surface area contributed by atoms with Gasteiger partial charge in [-0.2, -0.15) is 0 Å². The number of piperidine rings is 1. The van der Waals surface area contributed by atoms with Crippen molar-refractivity contribution in [3.63, 3.8) is 0 Å². The average molecular weight is 227 g/mol. The quantitative estimate of drug-likeness (QED) is 0.699. The molecule has 0 aromatic rings. The zero-order chi connectivity index (χ0) is 12.7. The second-order valence-corrected chi connectivity index (χ2v) is 6.22. The van der Waals surface area contributed by atoms with Crippen LogP contribution in [0.25, 0.3) is 0 Å². The highest BCUT2D eigenvalue weighted by atomic mass is 16.5. The third-order valence-electron chi connectivity index (χ3n) is 4.21. The molecule has 2 atom stereocenters. The Hall–Kier alpha value is -0.570. The summed E-state index contributed by atoms with van der Waals surface area (Å²) in [7, 11) is 0. The highest BCUT2D eigenvalue weighted by Crippen LogP contribution is 2.39. The normalized spacial score (nSPS) is 36.8. The van der Waals surface area contributed by atoms with Crippen LogP contribution in [0.3, 0.4) is 0 Å². The van der Waals surface area contributed by atoms with E-state index in [1.165, 1.54) is 6.92 Å². The third-order valence-corrected chi connectivity index (χ3v) is 4.21. The molecule has 94 valence electrons. The molecule has 2 unspecified atom stereocenters. The van der Waals surface area contributed by atoms with Crippen LogP contribution in [0.5, 0.6) is 0 Å². The standard InChI is InChI=1S/C13H25NO2/c1-8-11(16-10(3)15)9(2)13(6,7)14-12(8,4)5/h8-9,11,14H,1-7H3. The Balaban J connectivity index is 2.98. The van der Waals surface area contributed by atoms with Gasteiger partial charge >= 0.3 is 5.97 Å². The summed E-state index contributed by atoms with van der Waals surface area (Å²) in [4.78, 5) is 11.2. The van der Waals surface area contributed by atoms with E-state index in [9.17, 15) is 4.79 Å². The molecule has 3 nitrogen and oxygen atoms in total.